The minimum Gasteiger partial charge on any atom is -0.313 e. The molecule has 2 rings (SSSR count). The Balaban J connectivity index is 2.01. The van der Waals surface area contributed by atoms with E-state index in [1.165, 1.54) is 18.2 Å². The fourth-order valence-corrected chi connectivity index (χ4v) is 2.85. The van der Waals surface area contributed by atoms with Gasteiger partial charge in [-0.15, -0.1) is 0 Å². The highest BCUT2D eigenvalue weighted by Crippen LogP contribution is 2.16. The largest absolute Gasteiger partial charge is 0.313 e. The van der Waals surface area contributed by atoms with E-state index in [0.29, 0.717) is 24.1 Å². The summed E-state index contributed by atoms with van der Waals surface area (Å²) in [6, 6.07) is 4.14. The number of rotatable bonds is 4. The molecule has 0 aliphatic carbocycles. The Morgan fingerprint density at radius 2 is 2.15 bits per heavy atom. The fraction of sp³-hybridized carbons (Fsp3) is 0.625. The second kappa shape index (κ2) is 7.14. The van der Waals surface area contributed by atoms with Crippen LogP contribution in [0.4, 0.5) is 8.78 Å². The molecule has 1 aliphatic rings. The topological polar surface area (TPSA) is 15.3 Å². The minimum absolute atomic E-state index is 0.316. The van der Waals surface area contributed by atoms with Gasteiger partial charge in [0, 0.05) is 24.7 Å². The van der Waals surface area contributed by atoms with E-state index in [-0.39, 0.29) is 11.6 Å². The Kier molecular flexibility index (Phi) is 5.49. The lowest BCUT2D eigenvalue weighted by Crippen LogP contribution is -2.38. The number of nitrogens with one attached hydrogen (secondary N) is 1. The van der Waals surface area contributed by atoms with Crippen molar-refractivity contribution in [1.82, 2.24) is 10.2 Å². The van der Waals surface area contributed by atoms with Crippen molar-refractivity contribution in [2.75, 3.05) is 19.6 Å². The van der Waals surface area contributed by atoms with Crippen LogP contribution >= 0.6 is 0 Å². The van der Waals surface area contributed by atoms with Crippen LogP contribution in [0.25, 0.3) is 0 Å². The van der Waals surface area contributed by atoms with Crippen molar-refractivity contribution in [3.63, 3.8) is 0 Å². The highest BCUT2D eigenvalue weighted by molar-refractivity contribution is 5.18. The number of halogens is 2. The molecule has 112 valence electrons. The zero-order chi connectivity index (χ0) is 14.5. The number of nitrogens with zero attached hydrogens (tertiary/aromatic N) is 1. The first-order valence-corrected chi connectivity index (χ1v) is 7.44. The van der Waals surface area contributed by atoms with Gasteiger partial charge in [0.2, 0.25) is 0 Å². The van der Waals surface area contributed by atoms with Crippen LogP contribution in [0, 0.1) is 17.6 Å². The van der Waals surface area contributed by atoms with Crippen LogP contribution in [0.5, 0.6) is 0 Å². The molecule has 0 radical (unpaired) electrons. The van der Waals surface area contributed by atoms with Gasteiger partial charge in [0.25, 0.3) is 0 Å². The summed E-state index contributed by atoms with van der Waals surface area (Å²) in [5.41, 5.74) is 0.454. The maximum absolute atomic E-state index is 13.7. The average Bonchev–Trinajstić information content (AvgIpc) is 2.58. The molecular weight excluding hydrogens is 258 g/mol. The van der Waals surface area contributed by atoms with E-state index in [0.717, 1.165) is 32.5 Å². The van der Waals surface area contributed by atoms with Crippen molar-refractivity contribution in [2.45, 2.75) is 39.3 Å². The Bertz CT molecular complexity index is 434. The molecule has 1 atom stereocenters. The summed E-state index contributed by atoms with van der Waals surface area (Å²) < 4.78 is 27.0. The van der Waals surface area contributed by atoms with Gasteiger partial charge in [-0.3, -0.25) is 4.90 Å². The molecule has 0 bridgehead atoms. The maximum atomic E-state index is 13.7. The van der Waals surface area contributed by atoms with Crippen LogP contribution in [0.15, 0.2) is 18.2 Å². The molecule has 1 heterocycles. The summed E-state index contributed by atoms with van der Waals surface area (Å²) in [6.45, 7) is 7.73. The third-order valence-electron chi connectivity index (χ3n) is 3.72. The quantitative estimate of drug-likeness (QED) is 0.912. The molecule has 1 N–H and O–H groups in total. The van der Waals surface area contributed by atoms with Crippen LogP contribution in [0.2, 0.25) is 0 Å². The third-order valence-corrected chi connectivity index (χ3v) is 3.72. The molecule has 1 aromatic carbocycles. The first kappa shape index (κ1) is 15.4. The van der Waals surface area contributed by atoms with Gasteiger partial charge < -0.3 is 5.32 Å². The standard InChI is InChI=1S/C16H24F2N2/c1-12(2)8-15-11-20(7-3-6-19-15)10-13-9-14(17)4-5-16(13)18/h4-5,9,12,15,19H,3,6-8,10-11H2,1-2H3. The lowest BCUT2D eigenvalue weighted by molar-refractivity contribution is 0.244. The predicted molar refractivity (Wildman–Crippen MR) is 77.5 cm³/mol. The molecule has 1 saturated heterocycles. The first-order valence-electron chi connectivity index (χ1n) is 7.44. The lowest BCUT2D eigenvalue weighted by atomic mass is 10.0. The molecule has 2 nitrogen and oxygen atoms in total. The summed E-state index contributed by atoms with van der Waals surface area (Å²) >= 11 is 0. The summed E-state index contributed by atoms with van der Waals surface area (Å²) in [5.74, 6) is -0.0459. The molecule has 1 fully saturated rings. The van der Waals surface area contributed by atoms with Crippen molar-refractivity contribution in [1.29, 1.82) is 0 Å². The summed E-state index contributed by atoms with van der Waals surface area (Å²) in [7, 11) is 0. The Morgan fingerprint density at radius 3 is 2.90 bits per heavy atom. The van der Waals surface area contributed by atoms with Crippen LogP contribution in [0.3, 0.4) is 0 Å². The van der Waals surface area contributed by atoms with Gasteiger partial charge in [0.05, 0.1) is 0 Å². The van der Waals surface area contributed by atoms with E-state index in [1.54, 1.807) is 0 Å². The van der Waals surface area contributed by atoms with Crippen LogP contribution < -0.4 is 5.32 Å². The second-order valence-corrected chi connectivity index (χ2v) is 6.10. The van der Waals surface area contributed by atoms with Crippen LogP contribution in [0.1, 0.15) is 32.3 Å². The molecule has 0 aromatic heterocycles. The molecule has 1 aromatic rings. The van der Waals surface area contributed by atoms with E-state index in [4.69, 9.17) is 0 Å². The number of hydrogen-bond donors (Lipinski definition) is 1. The number of hydrogen-bond acceptors (Lipinski definition) is 2. The van der Waals surface area contributed by atoms with Gasteiger partial charge in [-0.1, -0.05) is 13.8 Å². The molecule has 0 spiro atoms. The normalized spacial score (nSPS) is 21.1. The van der Waals surface area contributed by atoms with Crippen molar-refractivity contribution in [3.8, 4) is 0 Å². The van der Waals surface area contributed by atoms with Gasteiger partial charge in [-0.05, 0) is 50.0 Å². The highest BCUT2D eigenvalue weighted by atomic mass is 19.1. The van der Waals surface area contributed by atoms with Gasteiger partial charge in [0.15, 0.2) is 0 Å². The molecule has 20 heavy (non-hydrogen) atoms. The fourth-order valence-electron chi connectivity index (χ4n) is 2.85. The van der Waals surface area contributed by atoms with Crippen LogP contribution in [-0.2, 0) is 6.54 Å². The van der Waals surface area contributed by atoms with Gasteiger partial charge in [-0.2, -0.15) is 0 Å². The maximum Gasteiger partial charge on any atom is 0.127 e. The predicted octanol–water partition coefficient (Wildman–Crippen LogP) is 3.17. The van der Waals surface area contributed by atoms with Crippen LogP contribution in [-0.4, -0.2) is 30.6 Å². The monoisotopic (exact) mass is 282 g/mol. The minimum atomic E-state index is -0.368. The molecular formula is C16H24F2N2. The smallest absolute Gasteiger partial charge is 0.127 e. The Labute approximate surface area is 120 Å². The summed E-state index contributed by atoms with van der Waals surface area (Å²) in [5, 5.41) is 3.55. The SMILES string of the molecule is CC(C)CC1CN(Cc2cc(F)ccc2F)CCCN1. The third kappa shape index (κ3) is 4.53. The van der Waals surface area contributed by atoms with E-state index in [9.17, 15) is 8.78 Å². The number of benzene rings is 1. The van der Waals surface area contributed by atoms with Crippen molar-refractivity contribution < 1.29 is 8.78 Å². The van der Waals surface area contributed by atoms with E-state index in [2.05, 4.69) is 24.1 Å². The molecule has 0 saturated carbocycles. The van der Waals surface area contributed by atoms with Crippen molar-refractivity contribution in [2.24, 2.45) is 5.92 Å². The molecule has 1 aliphatic heterocycles. The van der Waals surface area contributed by atoms with E-state index in [1.807, 2.05) is 0 Å². The highest BCUT2D eigenvalue weighted by Gasteiger charge is 2.19. The molecule has 1 unspecified atom stereocenters. The Hall–Kier alpha value is -1.00. The van der Waals surface area contributed by atoms with Gasteiger partial charge >= 0.3 is 0 Å². The van der Waals surface area contributed by atoms with E-state index >= 15 is 0 Å². The van der Waals surface area contributed by atoms with E-state index < -0.39 is 0 Å². The van der Waals surface area contributed by atoms with Crippen molar-refractivity contribution in [3.05, 3.63) is 35.4 Å². The first-order chi connectivity index (χ1) is 9.54. The molecule has 4 heteroatoms. The van der Waals surface area contributed by atoms with Crippen molar-refractivity contribution >= 4 is 0 Å². The Morgan fingerprint density at radius 1 is 1.35 bits per heavy atom. The van der Waals surface area contributed by atoms with Gasteiger partial charge in [0.1, 0.15) is 11.6 Å². The molecule has 0 amide bonds. The zero-order valence-electron chi connectivity index (χ0n) is 12.3. The average molecular weight is 282 g/mol. The summed E-state index contributed by atoms with van der Waals surface area (Å²) in [4.78, 5) is 2.23. The van der Waals surface area contributed by atoms with Gasteiger partial charge in [-0.25, -0.2) is 8.78 Å². The summed E-state index contributed by atoms with van der Waals surface area (Å²) in [6.07, 6.45) is 2.16. The second-order valence-electron chi connectivity index (χ2n) is 6.10. The lowest BCUT2D eigenvalue weighted by Gasteiger charge is -2.25. The zero-order valence-corrected chi connectivity index (χ0v) is 12.3.